The average molecular weight is 398 g/mol. The van der Waals surface area contributed by atoms with E-state index in [4.69, 9.17) is 5.73 Å². The zero-order valence-electron chi connectivity index (χ0n) is 16.1. The molecule has 6 N–H and O–H groups in total. The molecular formula is C20H22N4O5. The molecule has 3 rings (SSSR count). The van der Waals surface area contributed by atoms with E-state index in [-0.39, 0.29) is 46.1 Å². The maximum atomic E-state index is 13.1. The van der Waals surface area contributed by atoms with Crippen LogP contribution in [-0.4, -0.2) is 66.3 Å². The van der Waals surface area contributed by atoms with Gasteiger partial charge in [0.1, 0.15) is 11.5 Å². The van der Waals surface area contributed by atoms with Crippen LogP contribution in [0.2, 0.25) is 0 Å². The number of likely N-dealkylation sites (N-methyl/N-ethyl adjacent to an activating group) is 1. The van der Waals surface area contributed by atoms with Crippen molar-refractivity contribution >= 4 is 28.8 Å². The number of nitrogen functional groups attached to an aromatic ring is 1. The van der Waals surface area contributed by atoms with Crippen LogP contribution in [0.25, 0.3) is 0 Å². The van der Waals surface area contributed by atoms with Gasteiger partial charge in [0.25, 0.3) is 0 Å². The standard InChI is InChI=1S/C20H22N4O5/c1-24(2)8-7-22-14(27)9-23-11-4-3-10(21)15-16(11)20(29)18-13(26)6-5-12(25)17(18)19(15)28/h3-6,23,25-26H,7-9,21H2,1-2H3,(H,22,27). The highest BCUT2D eigenvalue weighted by Crippen LogP contribution is 2.41. The van der Waals surface area contributed by atoms with E-state index in [9.17, 15) is 24.6 Å². The van der Waals surface area contributed by atoms with E-state index in [0.29, 0.717) is 13.1 Å². The quantitative estimate of drug-likeness (QED) is 0.299. The Bertz CT molecular complexity index is 1020. The number of carbonyl (C=O) groups is 3. The average Bonchev–Trinajstić information content (AvgIpc) is 2.66. The van der Waals surface area contributed by atoms with Crippen molar-refractivity contribution in [2.45, 2.75) is 0 Å². The molecule has 0 radical (unpaired) electrons. The number of hydrogen-bond acceptors (Lipinski definition) is 8. The Kier molecular flexibility index (Phi) is 5.42. The number of amides is 1. The van der Waals surface area contributed by atoms with Gasteiger partial charge in [0.05, 0.1) is 28.8 Å². The van der Waals surface area contributed by atoms with E-state index in [1.165, 1.54) is 12.1 Å². The van der Waals surface area contributed by atoms with Crippen LogP contribution >= 0.6 is 0 Å². The number of nitrogens with zero attached hydrogens (tertiary/aromatic N) is 1. The Labute approximate surface area is 167 Å². The molecule has 1 amide bonds. The molecule has 0 saturated carbocycles. The number of phenols is 2. The van der Waals surface area contributed by atoms with E-state index in [1.807, 2.05) is 19.0 Å². The highest BCUT2D eigenvalue weighted by atomic mass is 16.3. The summed E-state index contributed by atoms with van der Waals surface area (Å²) in [5.74, 6) is -2.45. The second kappa shape index (κ2) is 7.80. The molecule has 152 valence electrons. The fourth-order valence-electron chi connectivity index (χ4n) is 3.19. The van der Waals surface area contributed by atoms with Gasteiger partial charge in [0.15, 0.2) is 0 Å². The number of anilines is 2. The summed E-state index contributed by atoms with van der Waals surface area (Å²) in [4.78, 5) is 40.0. The number of nitrogens with two attached hydrogens (primary N) is 1. The minimum absolute atomic E-state index is 0.0375. The van der Waals surface area contributed by atoms with E-state index in [2.05, 4.69) is 10.6 Å². The van der Waals surface area contributed by atoms with Crippen molar-refractivity contribution in [3.8, 4) is 11.5 Å². The first kappa shape index (κ1) is 20.2. The predicted molar refractivity (Wildman–Crippen MR) is 108 cm³/mol. The van der Waals surface area contributed by atoms with E-state index >= 15 is 0 Å². The first-order chi connectivity index (χ1) is 13.7. The summed E-state index contributed by atoms with van der Waals surface area (Å²) in [5, 5.41) is 25.8. The molecule has 0 spiro atoms. The maximum absolute atomic E-state index is 13.1. The van der Waals surface area contributed by atoms with Gasteiger partial charge in [-0.3, -0.25) is 14.4 Å². The number of ketones is 2. The third-order valence-corrected chi connectivity index (χ3v) is 4.63. The van der Waals surface area contributed by atoms with Gasteiger partial charge in [-0.25, -0.2) is 0 Å². The molecule has 0 aliphatic heterocycles. The molecule has 9 nitrogen and oxygen atoms in total. The van der Waals surface area contributed by atoms with E-state index in [1.54, 1.807) is 0 Å². The number of nitrogens with one attached hydrogen (secondary N) is 2. The molecule has 0 bridgehead atoms. The van der Waals surface area contributed by atoms with Gasteiger partial charge in [-0.2, -0.15) is 0 Å². The minimum atomic E-state index is -0.667. The highest BCUT2D eigenvalue weighted by Gasteiger charge is 2.37. The lowest BCUT2D eigenvalue weighted by Gasteiger charge is -2.23. The third-order valence-electron chi connectivity index (χ3n) is 4.63. The van der Waals surface area contributed by atoms with Crippen molar-refractivity contribution in [1.82, 2.24) is 10.2 Å². The molecule has 0 atom stereocenters. The van der Waals surface area contributed by atoms with Crippen molar-refractivity contribution in [2.24, 2.45) is 0 Å². The largest absolute Gasteiger partial charge is 0.507 e. The fraction of sp³-hybridized carbons (Fsp3) is 0.250. The Morgan fingerprint density at radius 2 is 1.55 bits per heavy atom. The highest BCUT2D eigenvalue weighted by molar-refractivity contribution is 6.33. The number of carbonyl (C=O) groups excluding carboxylic acids is 3. The monoisotopic (exact) mass is 398 g/mol. The second-order valence-electron chi connectivity index (χ2n) is 6.97. The van der Waals surface area contributed by atoms with Crippen LogP contribution in [0.1, 0.15) is 31.8 Å². The Hall–Kier alpha value is -3.59. The van der Waals surface area contributed by atoms with Crippen molar-refractivity contribution < 1.29 is 24.6 Å². The number of hydrogen-bond donors (Lipinski definition) is 5. The Morgan fingerprint density at radius 3 is 2.14 bits per heavy atom. The minimum Gasteiger partial charge on any atom is -0.507 e. The lowest BCUT2D eigenvalue weighted by molar-refractivity contribution is -0.119. The van der Waals surface area contributed by atoms with Crippen molar-refractivity contribution in [3.05, 3.63) is 46.5 Å². The molecule has 1 aliphatic carbocycles. The van der Waals surface area contributed by atoms with Gasteiger partial charge in [0, 0.05) is 24.5 Å². The number of rotatable bonds is 6. The molecule has 0 unspecified atom stereocenters. The summed E-state index contributed by atoms with van der Waals surface area (Å²) in [6.45, 7) is 1.02. The van der Waals surface area contributed by atoms with Gasteiger partial charge in [-0.1, -0.05) is 0 Å². The Morgan fingerprint density at radius 1 is 0.966 bits per heavy atom. The molecule has 0 heterocycles. The van der Waals surface area contributed by atoms with E-state index < -0.39 is 23.1 Å². The summed E-state index contributed by atoms with van der Waals surface area (Å²) in [5.41, 5.74) is 5.56. The maximum Gasteiger partial charge on any atom is 0.239 e. The normalized spacial score (nSPS) is 12.5. The molecule has 1 aliphatic rings. The molecule has 0 fully saturated rings. The third kappa shape index (κ3) is 3.72. The molecule has 0 saturated heterocycles. The number of benzene rings is 2. The predicted octanol–water partition coefficient (Wildman–Crippen LogP) is 0.545. The summed E-state index contributed by atoms with van der Waals surface area (Å²) < 4.78 is 0. The van der Waals surface area contributed by atoms with Crippen molar-refractivity contribution in [2.75, 3.05) is 44.8 Å². The number of fused-ring (bicyclic) bond motifs is 2. The van der Waals surface area contributed by atoms with Gasteiger partial charge in [0.2, 0.25) is 17.5 Å². The molecule has 2 aromatic carbocycles. The van der Waals surface area contributed by atoms with E-state index in [0.717, 1.165) is 12.1 Å². The molecule has 9 heteroatoms. The summed E-state index contributed by atoms with van der Waals surface area (Å²) in [7, 11) is 3.78. The van der Waals surface area contributed by atoms with Crippen LogP contribution in [0.4, 0.5) is 11.4 Å². The van der Waals surface area contributed by atoms with Crippen LogP contribution in [0.5, 0.6) is 11.5 Å². The first-order valence-corrected chi connectivity index (χ1v) is 8.94. The zero-order valence-corrected chi connectivity index (χ0v) is 16.1. The molecule has 2 aromatic rings. The van der Waals surface area contributed by atoms with Crippen molar-refractivity contribution in [1.29, 1.82) is 0 Å². The number of aromatic hydroxyl groups is 2. The van der Waals surface area contributed by atoms with Crippen LogP contribution in [-0.2, 0) is 4.79 Å². The van der Waals surface area contributed by atoms with Crippen molar-refractivity contribution in [3.63, 3.8) is 0 Å². The molecular weight excluding hydrogens is 376 g/mol. The van der Waals surface area contributed by atoms with Gasteiger partial charge in [-0.05, 0) is 38.4 Å². The summed E-state index contributed by atoms with van der Waals surface area (Å²) in [6.07, 6.45) is 0. The second-order valence-corrected chi connectivity index (χ2v) is 6.97. The van der Waals surface area contributed by atoms with Crippen LogP contribution in [0.3, 0.4) is 0 Å². The topological polar surface area (TPSA) is 145 Å². The van der Waals surface area contributed by atoms with Crippen LogP contribution in [0, 0.1) is 0 Å². The van der Waals surface area contributed by atoms with Crippen LogP contribution in [0.15, 0.2) is 24.3 Å². The summed E-state index contributed by atoms with van der Waals surface area (Å²) in [6, 6.07) is 5.22. The SMILES string of the molecule is CN(C)CCNC(=O)CNc1ccc(N)c2c1C(=O)c1c(O)ccc(O)c1C2=O. The van der Waals surface area contributed by atoms with Gasteiger partial charge in [-0.15, -0.1) is 0 Å². The van der Waals surface area contributed by atoms with Crippen LogP contribution < -0.4 is 16.4 Å². The number of phenolic OH excluding ortho intramolecular Hbond substituents is 2. The Balaban J connectivity index is 1.92. The zero-order chi connectivity index (χ0) is 21.3. The lowest BCUT2D eigenvalue weighted by atomic mass is 9.81. The molecule has 0 aromatic heterocycles. The fourth-order valence-corrected chi connectivity index (χ4v) is 3.19. The van der Waals surface area contributed by atoms with Gasteiger partial charge >= 0.3 is 0 Å². The lowest BCUT2D eigenvalue weighted by Crippen LogP contribution is -2.35. The first-order valence-electron chi connectivity index (χ1n) is 8.94. The smallest absolute Gasteiger partial charge is 0.239 e. The summed E-state index contributed by atoms with van der Waals surface area (Å²) >= 11 is 0. The molecule has 29 heavy (non-hydrogen) atoms. The van der Waals surface area contributed by atoms with Gasteiger partial charge < -0.3 is 31.5 Å².